The second kappa shape index (κ2) is 5.48. The largest absolute Gasteiger partial charge is 0.327 e. The molecule has 1 nitrogen and oxygen atoms in total. The lowest BCUT2D eigenvalue weighted by Crippen LogP contribution is -1.95. The standard InChI is InChI=1S/C9H19N/c1-8(2)4-5-9(3)6-7-10/h6,8H,4-5,7,10H2,1-3H3/b9-6+. The Hall–Kier alpha value is -0.300. The number of nitrogens with two attached hydrogens (primary N) is 1. The van der Waals surface area contributed by atoms with Crippen molar-refractivity contribution in [1.82, 2.24) is 0 Å². The Bertz CT molecular complexity index is 103. The van der Waals surface area contributed by atoms with Gasteiger partial charge in [-0.05, 0) is 25.7 Å². The number of hydrogen-bond acceptors (Lipinski definition) is 1. The molecule has 0 saturated heterocycles. The first kappa shape index (κ1) is 9.70. The third-order valence-electron chi connectivity index (χ3n) is 1.58. The van der Waals surface area contributed by atoms with Crippen LogP contribution in [0.2, 0.25) is 0 Å². The van der Waals surface area contributed by atoms with Gasteiger partial charge >= 0.3 is 0 Å². The molecule has 10 heavy (non-hydrogen) atoms. The molecule has 0 heterocycles. The zero-order chi connectivity index (χ0) is 7.98. The molecule has 0 unspecified atom stereocenters. The van der Waals surface area contributed by atoms with E-state index in [0.717, 1.165) is 5.92 Å². The van der Waals surface area contributed by atoms with Crippen molar-refractivity contribution in [3.8, 4) is 0 Å². The lowest BCUT2D eigenvalue weighted by Gasteiger charge is -2.03. The Morgan fingerprint density at radius 3 is 2.50 bits per heavy atom. The highest BCUT2D eigenvalue weighted by atomic mass is 14.5. The Morgan fingerprint density at radius 1 is 1.50 bits per heavy atom. The second-order valence-electron chi connectivity index (χ2n) is 3.22. The molecule has 0 aliphatic rings. The minimum atomic E-state index is 0.684. The van der Waals surface area contributed by atoms with Crippen molar-refractivity contribution in [2.45, 2.75) is 33.6 Å². The first-order valence-electron chi connectivity index (χ1n) is 4.02. The van der Waals surface area contributed by atoms with Crippen molar-refractivity contribution in [2.75, 3.05) is 6.54 Å². The Labute approximate surface area is 64.3 Å². The predicted molar refractivity (Wildman–Crippen MR) is 46.9 cm³/mol. The van der Waals surface area contributed by atoms with Crippen molar-refractivity contribution in [1.29, 1.82) is 0 Å². The molecule has 0 aliphatic heterocycles. The van der Waals surface area contributed by atoms with Gasteiger partial charge in [-0.1, -0.05) is 25.5 Å². The van der Waals surface area contributed by atoms with E-state index in [1.807, 2.05) is 0 Å². The van der Waals surface area contributed by atoms with Crippen molar-refractivity contribution >= 4 is 0 Å². The van der Waals surface area contributed by atoms with Crippen molar-refractivity contribution in [3.63, 3.8) is 0 Å². The van der Waals surface area contributed by atoms with Gasteiger partial charge in [0, 0.05) is 6.54 Å². The van der Waals surface area contributed by atoms with Gasteiger partial charge in [0.25, 0.3) is 0 Å². The fourth-order valence-corrected chi connectivity index (χ4v) is 0.820. The highest BCUT2D eigenvalue weighted by Gasteiger charge is 1.93. The van der Waals surface area contributed by atoms with Crippen LogP contribution in [-0.4, -0.2) is 6.54 Å². The molecule has 0 saturated carbocycles. The van der Waals surface area contributed by atoms with Crippen molar-refractivity contribution in [3.05, 3.63) is 11.6 Å². The van der Waals surface area contributed by atoms with Gasteiger partial charge in [0.15, 0.2) is 0 Å². The van der Waals surface area contributed by atoms with Gasteiger partial charge in [0.2, 0.25) is 0 Å². The molecule has 0 amide bonds. The van der Waals surface area contributed by atoms with Crippen molar-refractivity contribution < 1.29 is 0 Å². The number of allylic oxidation sites excluding steroid dienone is 1. The topological polar surface area (TPSA) is 26.0 Å². The van der Waals surface area contributed by atoms with Crippen LogP contribution in [0.25, 0.3) is 0 Å². The monoisotopic (exact) mass is 141 g/mol. The molecule has 0 bridgehead atoms. The quantitative estimate of drug-likeness (QED) is 0.597. The molecule has 0 radical (unpaired) electrons. The van der Waals surface area contributed by atoms with Gasteiger partial charge in [0.1, 0.15) is 0 Å². The van der Waals surface area contributed by atoms with E-state index in [1.165, 1.54) is 18.4 Å². The molecule has 0 aromatic carbocycles. The zero-order valence-electron chi connectivity index (χ0n) is 7.35. The normalized spacial score (nSPS) is 12.7. The lowest BCUT2D eigenvalue weighted by molar-refractivity contribution is 0.584. The van der Waals surface area contributed by atoms with E-state index in [2.05, 4.69) is 26.8 Å². The molecule has 0 aromatic rings. The summed E-state index contributed by atoms with van der Waals surface area (Å²) in [5.41, 5.74) is 6.79. The van der Waals surface area contributed by atoms with Crippen LogP contribution in [-0.2, 0) is 0 Å². The van der Waals surface area contributed by atoms with Gasteiger partial charge in [-0.25, -0.2) is 0 Å². The fraction of sp³-hybridized carbons (Fsp3) is 0.778. The Morgan fingerprint density at radius 2 is 2.10 bits per heavy atom. The summed E-state index contributed by atoms with van der Waals surface area (Å²) in [4.78, 5) is 0. The Balaban J connectivity index is 3.39. The third-order valence-corrected chi connectivity index (χ3v) is 1.58. The SMILES string of the molecule is C/C(=C\CN)CCC(C)C. The van der Waals surface area contributed by atoms with Crippen LogP contribution in [0.1, 0.15) is 33.6 Å². The summed E-state index contributed by atoms with van der Waals surface area (Å²) in [6.07, 6.45) is 4.58. The van der Waals surface area contributed by atoms with E-state index in [4.69, 9.17) is 5.73 Å². The fourth-order valence-electron chi connectivity index (χ4n) is 0.820. The third kappa shape index (κ3) is 5.83. The van der Waals surface area contributed by atoms with Gasteiger partial charge in [-0.15, -0.1) is 0 Å². The van der Waals surface area contributed by atoms with Crippen LogP contribution in [0.3, 0.4) is 0 Å². The van der Waals surface area contributed by atoms with Gasteiger partial charge in [-0.3, -0.25) is 0 Å². The lowest BCUT2D eigenvalue weighted by atomic mass is 10.0. The summed E-state index contributed by atoms with van der Waals surface area (Å²) in [6.45, 7) is 7.32. The van der Waals surface area contributed by atoms with Gasteiger partial charge < -0.3 is 5.73 Å². The average Bonchev–Trinajstić information content (AvgIpc) is 1.85. The van der Waals surface area contributed by atoms with E-state index in [9.17, 15) is 0 Å². The Kier molecular flexibility index (Phi) is 5.32. The molecule has 0 rings (SSSR count). The maximum Gasteiger partial charge on any atom is 0.0109 e. The van der Waals surface area contributed by atoms with Gasteiger partial charge in [0.05, 0.1) is 0 Å². The molecular weight excluding hydrogens is 122 g/mol. The molecule has 0 fully saturated rings. The van der Waals surface area contributed by atoms with Crippen LogP contribution >= 0.6 is 0 Å². The summed E-state index contributed by atoms with van der Waals surface area (Å²) in [7, 11) is 0. The van der Waals surface area contributed by atoms with Crippen LogP contribution in [0.15, 0.2) is 11.6 Å². The number of rotatable bonds is 4. The maximum atomic E-state index is 5.36. The highest BCUT2D eigenvalue weighted by molar-refractivity contribution is 4.98. The summed E-state index contributed by atoms with van der Waals surface area (Å²) in [6, 6.07) is 0. The maximum absolute atomic E-state index is 5.36. The molecule has 0 aliphatic carbocycles. The van der Waals surface area contributed by atoms with E-state index >= 15 is 0 Å². The molecule has 1 heteroatoms. The predicted octanol–water partition coefficient (Wildman–Crippen LogP) is 2.33. The molecular formula is C9H19N. The summed E-state index contributed by atoms with van der Waals surface area (Å²) >= 11 is 0. The molecule has 60 valence electrons. The summed E-state index contributed by atoms with van der Waals surface area (Å²) in [5, 5.41) is 0. The second-order valence-corrected chi connectivity index (χ2v) is 3.22. The van der Waals surface area contributed by atoms with E-state index in [-0.39, 0.29) is 0 Å². The van der Waals surface area contributed by atoms with Crippen LogP contribution in [0, 0.1) is 5.92 Å². The number of hydrogen-bond donors (Lipinski definition) is 1. The van der Waals surface area contributed by atoms with Gasteiger partial charge in [-0.2, -0.15) is 0 Å². The molecule has 0 spiro atoms. The van der Waals surface area contributed by atoms with Crippen LogP contribution < -0.4 is 5.73 Å². The highest BCUT2D eigenvalue weighted by Crippen LogP contribution is 2.09. The van der Waals surface area contributed by atoms with Crippen LogP contribution in [0.5, 0.6) is 0 Å². The molecule has 0 atom stereocenters. The van der Waals surface area contributed by atoms with E-state index in [1.54, 1.807) is 0 Å². The minimum absolute atomic E-state index is 0.684. The van der Waals surface area contributed by atoms with Crippen LogP contribution in [0.4, 0.5) is 0 Å². The first-order chi connectivity index (χ1) is 4.66. The summed E-state index contributed by atoms with van der Waals surface area (Å²) in [5.74, 6) is 0.807. The molecule has 0 aromatic heterocycles. The zero-order valence-corrected chi connectivity index (χ0v) is 7.35. The van der Waals surface area contributed by atoms with Crippen molar-refractivity contribution in [2.24, 2.45) is 11.7 Å². The summed E-state index contributed by atoms with van der Waals surface area (Å²) < 4.78 is 0. The van der Waals surface area contributed by atoms with E-state index in [0.29, 0.717) is 6.54 Å². The first-order valence-corrected chi connectivity index (χ1v) is 4.02. The van der Waals surface area contributed by atoms with E-state index < -0.39 is 0 Å². The smallest absolute Gasteiger partial charge is 0.0109 e. The average molecular weight is 141 g/mol. The molecule has 2 N–H and O–H groups in total. The minimum Gasteiger partial charge on any atom is -0.327 e.